The van der Waals surface area contributed by atoms with Crippen molar-refractivity contribution in [2.24, 2.45) is 13.0 Å². The zero-order valence-electron chi connectivity index (χ0n) is 13.9. The van der Waals surface area contributed by atoms with Crippen LogP contribution in [0.15, 0.2) is 29.4 Å². The van der Waals surface area contributed by atoms with Crippen molar-refractivity contribution in [1.29, 1.82) is 0 Å². The fourth-order valence-corrected chi connectivity index (χ4v) is 4.13. The second-order valence-electron chi connectivity index (χ2n) is 6.45. The van der Waals surface area contributed by atoms with E-state index >= 15 is 0 Å². The van der Waals surface area contributed by atoms with Gasteiger partial charge in [0.05, 0.1) is 16.3 Å². The normalized spacial score (nSPS) is 17.3. The number of nitrogens with one attached hydrogen (secondary N) is 1. The van der Waals surface area contributed by atoms with Crippen LogP contribution in [0, 0.1) is 5.92 Å². The molecule has 1 atom stereocenters. The van der Waals surface area contributed by atoms with Crippen LogP contribution in [0.4, 0.5) is 0 Å². The van der Waals surface area contributed by atoms with E-state index in [1.807, 2.05) is 32.2 Å². The van der Waals surface area contributed by atoms with Crippen molar-refractivity contribution in [2.45, 2.75) is 49.4 Å². The summed E-state index contributed by atoms with van der Waals surface area (Å²) >= 11 is 1.53. The van der Waals surface area contributed by atoms with Crippen LogP contribution in [-0.4, -0.2) is 27.3 Å². The molecule has 1 unspecified atom stereocenters. The summed E-state index contributed by atoms with van der Waals surface area (Å²) in [5.41, 5.74) is 2.08. The highest BCUT2D eigenvalue weighted by molar-refractivity contribution is 8.00. The molecule has 1 aromatic carbocycles. The summed E-state index contributed by atoms with van der Waals surface area (Å²) in [4.78, 5) is 17.0. The molecule has 1 N–H and O–H groups in total. The second-order valence-corrected chi connectivity index (χ2v) is 7.76. The summed E-state index contributed by atoms with van der Waals surface area (Å²) in [6.07, 6.45) is 6.48. The van der Waals surface area contributed by atoms with Gasteiger partial charge < -0.3 is 9.88 Å². The van der Waals surface area contributed by atoms with Gasteiger partial charge in [-0.15, -0.1) is 0 Å². The molecule has 1 fully saturated rings. The Bertz CT molecular complexity index is 676. The van der Waals surface area contributed by atoms with E-state index in [1.165, 1.54) is 43.9 Å². The fraction of sp³-hybridized carbons (Fsp3) is 0.556. The predicted molar refractivity (Wildman–Crippen MR) is 95.6 cm³/mol. The van der Waals surface area contributed by atoms with E-state index in [0.29, 0.717) is 5.92 Å². The lowest BCUT2D eigenvalue weighted by molar-refractivity contribution is -0.120. The first kappa shape index (κ1) is 16.4. The minimum absolute atomic E-state index is 0.118. The molecule has 0 saturated heterocycles. The number of hydrogen-bond donors (Lipinski definition) is 1. The predicted octanol–water partition coefficient (Wildman–Crippen LogP) is 3.75. The minimum Gasteiger partial charge on any atom is -0.355 e. The monoisotopic (exact) mass is 331 g/mol. The summed E-state index contributed by atoms with van der Waals surface area (Å²) in [5, 5.41) is 3.89. The lowest BCUT2D eigenvalue weighted by Crippen LogP contribution is -2.35. The molecule has 3 rings (SSSR count). The molecule has 0 radical (unpaired) electrons. The number of rotatable bonds is 5. The molecule has 23 heavy (non-hydrogen) atoms. The Morgan fingerprint density at radius 3 is 2.83 bits per heavy atom. The van der Waals surface area contributed by atoms with Crippen LogP contribution in [-0.2, 0) is 11.8 Å². The number of imidazole rings is 1. The van der Waals surface area contributed by atoms with Gasteiger partial charge in [-0.3, -0.25) is 4.79 Å². The number of nitrogens with zero attached hydrogens (tertiary/aromatic N) is 2. The molecule has 0 spiro atoms. The fourth-order valence-electron chi connectivity index (χ4n) is 3.22. The van der Waals surface area contributed by atoms with Crippen LogP contribution in [0.3, 0.4) is 0 Å². The van der Waals surface area contributed by atoms with Crippen molar-refractivity contribution in [3.8, 4) is 0 Å². The molecule has 2 aromatic rings. The van der Waals surface area contributed by atoms with Crippen molar-refractivity contribution < 1.29 is 4.79 Å². The first-order chi connectivity index (χ1) is 11.1. The van der Waals surface area contributed by atoms with E-state index in [0.717, 1.165) is 22.7 Å². The van der Waals surface area contributed by atoms with Gasteiger partial charge in [0.25, 0.3) is 0 Å². The second kappa shape index (κ2) is 7.39. The van der Waals surface area contributed by atoms with Gasteiger partial charge in [-0.05, 0) is 37.8 Å². The van der Waals surface area contributed by atoms with Crippen molar-refractivity contribution >= 4 is 28.7 Å². The molecule has 124 valence electrons. The van der Waals surface area contributed by atoms with Gasteiger partial charge in [0, 0.05) is 13.6 Å². The lowest BCUT2D eigenvalue weighted by atomic mass is 9.89. The number of aromatic nitrogens is 2. The number of aryl methyl sites for hydroxylation is 1. The van der Waals surface area contributed by atoms with E-state index in [4.69, 9.17) is 0 Å². The maximum Gasteiger partial charge on any atom is 0.233 e. The highest BCUT2D eigenvalue weighted by Crippen LogP contribution is 2.27. The average molecular weight is 331 g/mol. The van der Waals surface area contributed by atoms with Gasteiger partial charge in [0.15, 0.2) is 5.16 Å². The van der Waals surface area contributed by atoms with E-state index in [2.05, 4.69) is 20.9 Å². The van der Waals surface area contributed by atoms with Gasteiger partial charge in [-0.1, -0.05) is 43.2 Å². The van der Waals surface area contributed by atoms with Crippen LogP contribution < -0.4 is 5.32 Å². The van der Waals surface area contributed by atoms with Crippen molar-refractivity contribution in [1.82, 2.24) is 14.9 Å². The number of amides is 1. The van der Waals surface area contributed by atoms with Gasteiger partial charge in [0.1, 0.15) is 0 Å². The first-order valence-electron chi connectivity index (χ1n) is 8.51. The third-order valence-electron chi connectivity index (χ3n) is 4.69. The Labute approximate surface area is 142 Å². The van der Waals surface area contributed by atoms with Gasteiger partial charge in [0.2, 0.25) is 5.91 Å². The van der Waals surface area contributed by atoms with Crippen molar-refractivity contribution in [3.63, 3.8) is 0 Å². The Balaban J connectivity index is 1.57. The highest BCUT2D eigenvalue weighted by atomic mass is 32.2. The minimum atomic E-state index is -0.130. The van der Waals surface area contributed by atoms with Crippen LogP contribution in [0.2, 0.25) is 0 Å². The summed E-state index contributed by atoms with van der Waals surface area (Å²) in [5.74, 6) is 0.785. The number of hydrogen-bond acceptors (Lipinski definition) is 3. The molecule has 1 aliphatic carbocycles. The van der Waals surface area contributed by atoms with Crippen LogP contribution in [0.25, 0.3) is 11.0 Å². The smallest absolute Gasteiger partial charge is 0.233 e. The third kappa shape index (κ3) is 3.89. The van der Waals surface area contributed by atoms with Crippen molar-refractivity contribution in [3.05, 3.63) is 24.3 Å². The van der Waals surface area contributed by atoms with Crippen LogP contribution in [0.5, 0.6) is 0 Å². The summed E-state index contributed by atoms with van der Waals surface area (Å²) in [6, 6.07) is 8.07. The van der Waals surface area contributed by atoms with Gasteiger partial charge in [-0.2, -0.15) is 0 Å². The van der Waals surface area contributed by atoms with E-state index in [1.54, 1.807) is 0 Å². The number of thioether (sulfide) groups is 1. The average Bonchev–Trinajstić information content (AvgIpc) is 2.90. The molecule has 1 aliphatic rings. The maximum absolute atomic E-state index is 12.3. The van der Waals surface area contributed by atoms with Gasteiger partial charge >= 0.3 is 0 Å². The molecule has 5 heteroatoms. The van der Waals surface area contributed by atoms with E-state index in [9.17, 15) is 4.79 Å². The SMILES string of the molecule is CC(Sc1nc2ccccc2n1C)C(=O)NCC1CCCCC1. The molecule has 1 amide bonds. The highest BCUT2D eigenvalue weighted by Gasteiger charge is 2.20. The largest absolute Gasteiger partial charge is 0.355 e. The summed E-state index contributed by atoms with van der Waals surface area (Å²) in [6.45, 7) is 2.78. The van der Waals surface area contributed by atoms with Crippen molar-refractivity contribution in [2.75, 3.05) is 6.54 Å². The molecular formula is C18H25N3OS. The Morgan fingerprint density at radius 1 is 1.35 bits per heavy atom. The first-order valence-corrected chi connectivity index (χ1v) is 9.39. The van der Waals surface area contributed by atoms with Crippen LogP contribution in [0.1, 0.15) is 39.0 Å². The molecule has 4 nitrogen and oxygen atoms in total. The standard InChI is InChI=1S/C18H25N3OS/c1-13(17(22)19-12-14-8-4-3-5-9-14)23-18-20-15-10-6-7-11-16(15)21(18)2/h6-7,10-11,13-14H,3-5,8-9,12H2,1-2H3,(H,19,22). The lowest BCUT2D eigenvalue weighted by Gasteiger charge is -2.22. The summed E-state index contributed by atoms with van der Waals surface area (Å²) < 4.78 is 2.06. The number of carbonyl (C=O) groups excluding carboxylic acids is 1. The molecule has 1 aromatic heterocycles. The number of benzene rings is 1. The number of para-hydroxylation sites is 2. The third-order valence-corrected chi connectivity index (χ3v) is 5.83. The number of fused-ring (bicyclic) bond motifs is 1. The Morgan fingerprint density at radius 2 is 2.09 bits per heavy atom. The maximum atomic E-state index is 12.3. The van der Waals surface area contributed by atoms with E-state index in [-0.39, 0.29) is 11.2 Å². The molecule has 1 saturated carbocycles. The van der Waals surface area contributed by atoms with E-state index < -0.39 is 0 Å². The quantitative estimate of drug-likeness (QED) is 0.849. The van der Waals surface area contributed by atoms with Crippen LogP contribution >= 0.6 is 11.8 Å². The molecular weight excluding hydrogens is 306 g/mol. The Hall–Kier alpha value is -1.49. The Kier molecular flexibility index (Phi) is 5.26. The molecule has 0 aliphatic heterocycles. The zero-order chi connectivity index (χ0) is 16.2. The molecule has 1 heterocycles. The molecule has 0 bridgehead atoms. The van der Waals surface area contributed by atoms with Gasteiger partial charge in [-0.25, -0.2) is 4.98 Å². The number of carbonyl (C=O) groups is 1. The summed E-state index contributed by atoms with van der Waals surface area (Å²) in [7, 11) is 2.00. The zero-order valence-corrected chi connectivity index (χ0v) is 14.7. The topological polar surface area (TPSA) is 46.9 Å².